The number of thiophene rings is 1. The first-order chi connectivity index (χ1) is 5.68. The van der Waals surface area contributed by atoms with Crippen LogP contribution >= 0.6 is 33.9 Å². The Labute approximate surface area is 87.5 Å². The smallest absolute Gasteiger partial charge is 0.127 e. The van der Waals surface area contributed by atoms with Gasteiger partial charge < -0.3 is 0 Å². The molecule has 0 amide bonds. The molecule has 0 atom stereocenters. The Bertz CT molecular complexity index is 433. The summed E-state index contributed by atoms with van der Waals surface area (Å²) in [4.78, 5) is 0. The van der Waals surface area contributed by atoms with Gasteiger partial charge in [0.2, 0.25) is 0 Å². The first-order valence-electron chi connectivity index (χ1n) is 3.51. The number of hydrogen-bond acceptors (Lipinski definition) is 1. The fourth-order valence-electron chi connectivity index (χ4n) is 1.13. The molecule has 1 aromatic heterocycles. The van der Waals surface area contributed by atoms with Crippen molar-refractivity contribution in [3.05, 3.63) is 32.5 Å². The van der Waals surface area contributed by atoms with Gasteiger partial charge in [-0.05, 0) is 47.2 Å². The summed E-state index contributed by atoms with van der Waals surface area (Å²) >= 11 is 3.86. The van der Waals surface area contributed by atoms with Gasteiger partial charge >= 0.3 is 0 Å². The minimum atomic E-state index is -0.110. The summed E-state index contributed by atoms with van der Waals surface area (Å²) in [6.45, 7) is 1.79. The molecule has 3 heteroatoms. The van der Waals surface area contributed by atoms with Gasteiger partial charge in [0.1, 0.15) is 5.82 Å². The van der Waals surface area contributed by atoms with Gasteiger partial charge in [-0.25, -0.2) is 4.39 Å². The van der Waals surface area contributed by atoms with Crippen LogP contribution < -0.4 is 0 Å². The molecule has 0 fully saturated rings. The Hall–Kier alpha value is -0.160. The van der Waals surface area contributed by atoms with E-state index in [0.29, 0.717) is 0 Å². The van der Waals surface area contributed by atoms with Crippen LogP contribution in [0.2, 0.25) is 0 Å². The molecule has 0 radical (unpaired) electrons. The van der Waals surface area contributed by atoms with Crippen molar-refractivity contribution in [3.63, 3.8) is 0 Å². The van der Waals surface area contributed by atoms with E-state index in [9.17, 15) is 4.39 Å². The van der Waals surface area contributed by atoms with E-state index in [1.54, 1.807) is 24.3 Å². The van der Waals surface area contributed by atoms with Gasteiger partial charge in [-0.2, -0.15) is 0 Å². The van der Waals surface area contributed by atoms with Crippen molar-refractivity contribution in [2.24, 2.45) is 0 Å². The molecule has 62 valence electrons. The van der Waals surface area contributed by atoms with E-state index in [4.69, 9.17) is 0 Å². The molecule has 0 aliphatic rings. The van der Waals surface area contributed by atoms with Gasteiger partial charge in [-0.15, -0.1) is 11.3 Å². The van der Waals surface area contributed by atoms with Gasteiger partial charge in [0.05, 0.1) is 0 Å². The number of benzene rings is 1. The lowest BCUT2D eigenvalue weighted by Crippen LogP contribution is -1.80. The second kappa shape index (κ2) is 2.96. The molecule has 0 unspecified atom stereocenters. The Morgan fingerprint density at radius 1 is 1.42 bits per heavy atom. The van der Waals surface area contributed by atoms with Crippen LogP contribution in [-0.2, 0) is 0 Å². The lowest BCUT2D eigenvalue weighted by Gasteiger charge is -1.95. The second-order valence-corrected chi connectivity index (χ2v) is 4.75. The maximum absolute atomic E-state index is 13.1. The average molecular weight is 292 g/mol. The van der Waals surface area contributed by atoms with Crippen LogP contribution in [0.25, 0.3) is 10.1 Å². The summed E-state index contributed by atoms with van der Waals surface area (Å²) in [5, 5.41) is 3.21. The van der Waals surface area contributed by atoms with Crippen LogP contribution in [0.3, 0.4) is 0 Å². The molecule has 2 rings (SSSR count). The second-order valence-electron chi connectivity index (χ2n) is 2.68. The molecule has 0 aliphatic heterocycles. The van der Waals surface area contributed by atoms with E-state index >= 15 is 0 Å². The average Bonchev–Trinajstić information content (AvgIpc) is 2.35. The van der Waals surface area contributed by atoms with E-state index in [1.807, 2.05) is 11.4 Å². The predicted octanol–water partition coefficient (Wildman–Crippen LogP) is 3.95. The molecular formula is C9H6FIS. The SMILES string of the molecule is Cc1cc2c(I)csc2cc1F. The number of hydrogen-bond donors (Lipinski definition) is 0. The third-order valence-electron chi connectivity index (χ3n) is 1.81. The van der Waals surface area contributed by atoms with Crippen molar-refractivity contribution in [1.29, 1.82) is 0 Å². The highest BCUT2D eigenvalue weighted by atomic mass is 127. The highest BCUT2D eigenvalue weighted by Gasteiger charge is 2.04. The van der Waals surface area contributed by atoms with Crippen molar-refractivity contribution in [2.45, 2.75) is 6.92 Å². The Kier molecular flexibility index (Phi) is 2.08. The Morgan fingerprint density at radius 2 is 2.17 bits per heavy atom. The zero-order chi connectivity index (χ0) is 8.72. The molecule has 1 heterocycles. The fraction of sp³-hybridized carbons (Fsp3) is 0.111. The summed E-state index contributed by atoms with van der Waals surface area (Å²) in [7, 11) is 0. The summed E-state index contributed by atoms with van der Waals surface area (Å²) in [6, 6.07) is 3.51. The third kappa shape index (κ3) is 1.25. The molecule has 1 aromatic carbocycles. The fourth-order valence-corrected chi connectivity index (χ4v) is 2.96. The summed E-state index contributed by atoms with van der Waals surface area (Å²) in [5.41, 5.74) is 0.721. The Balaban J connectivity index is 2.87. The van der Waals surface area contributed by atoms with E-state index in [2.05, 4.69) is 22.6 Å². The van der Waals surface area contributed by atoms with Crippen LogP contribution in [0.5, 0.6) is 0 Å². The van der Waals surface area contributed by atoms with Crippen molar-refractivity contribution in [1.82, 2.24) is 0 Å². The van der Waals surface area contributed by atoms with Crippen LogP contribution in [0.15, 0.2) is 17.5 Å². The zero-order valence-corrected chi connectivity index (χ0v) is 9.37. The first kappa shape index (κ1) is 8.44. The molecule has 0 nitrogen and oxygen atoms in total. The van der Waals surface area contributed by atoms with E-state index in [0.717, 1.165) is 10.3 Å². The normalized spacial score (nSPS) is 10.9. The highest BCUT2D eigenvalue weighted by Crippen LogP contribution is 2.29. The standard InChI is InChI=1S/C9H6FIS/c1-5-2-6-8(11)4-12-9(6)3-7(5)10/h2-4H,1H3. The summed E-state index contributed by atoms with van der Waals surface area (Å²) < 4.78 is 15.3. The quantitative estimate of drug-likeness (QED) is 0.645. The minimum absolute atomic E-state index is 0.110. The van der Waals surface area contributed by atoms with Crippen LogP contribution in [0.4, 0.5) is 4.39 Å². The van der Waals surface area contributed by atoms with Gasteiger partial charge in [0, 0.05) is 19.0 Å². The van der Waals surface area contributed by atoms with Crippen LogP contribution in [0, 0.1) is 16.3 Å². The van der Waals surface area contributed by atoms with Gasteiger partial charge in [0.15, 0.2) is 0 Å². The number of aryl methyl sites for hydroxylation is 1. The molecule has 2 aromatic rings. The van der Waals surface area contributed by atoms with Crippen LogP contribution in [-0.4, -0.2) is 0 Å². The zero-order valence-electron chi connectivity index (χ0n) is 6.40. The van der Waals surface area contributed by atoms with E-state index < -0.39 is 0 Å². The molecule has 0 saturated carbocycles. The highest BCUT2D eigenvalue weighted by molar-refractivity contribution is 14.1. The predicted molar refractivity (Wildman–Crippen MR) is 59.2 cm³/mol. The van der Waals surface area contributed by atoms with Crippen molar-refractivity contribution in [3.8, 4) is 0 Å². The number of fused-ring (bicyclic) bond motifs is 1. The van der Waals surface area contributed by atoms with E-state index in [1.165, 1.54) is 8.96 Å². The Morgan fingerprint density at radius 3 is 2.92 bits per heavy atom. The molecule has 0 saturated heterocycles. The molecule has 0 bridgehead atoms. The first-order valence-corrected chi connectivity index (χ1v) is 5.47. The lowest BCUT2D eigenvalue weighted by molar-refractivity contribution is 0.621. The van der Waals surface area contributed by atoms with Crippen molar-refractivity contribution >= 4 is 44.0 Å². The molecule has 12 heavy (non-hydrogen) atoms. The number of halogens is 2. The largest absolute Gasteiger partial charge is 0.207 e. The summed E-state index contributed by atoms with van der Waals surface area (Å²) in [6.07, 6.45) is 0. The minimum Gasteiger partial charge on any atom is -0.207 e. The maximum Gasteiger partial charge on any atom is 0.127 e. The maximum atomic E-state index is 13.1. The molecule has 0 aliphatic carbocycles. The van der Waals surface area contributed by atoms with Crippen molar-refractivity contribution in [2.75, 3.05) is 0 Å². The van der Waals surface area contributed by atoms with Crippen molar-refractivity contribution < 1.29 is 4.39 Å². The van der Waals surface area contributed by atoms with Gasteiger partial charge in [-0.1, -0.05) is 0 Å². The monoisotopic (exact) mass is 292 g/mol. The molecule has 0 spiro atoms. The van der Waals surface area contributed by atoms with Gasteiger partial charge in [0.25, 0.3) is 0 Å². The number of rotatable bonds is 0. The molecule has 0 N–H and O–H groups in total. The van der Waals surface area contributed by atoms with Gasteiger partial charge in [-0.3, -0.25) is 0 Å². The summed E-state index contributed by atoms with van der Waals surface area (Å²) in [5.74, 6) is -0.110. The third-order valence-corrected chi connectivity index (χ3v) is 4.07. The lowest BCUT2D eigenvalue weighted by atomic mass is 10.2. The van der Waals surface area contributed by atoms with E-state index in [-0.39, 0.29) is 5.82 Å². The van der Waals surface area contributed by atoms with Crippen LogP contribution in [0.1, 0.15) is 5.56 Å². The molecular weight excluding hydrogens is 286 g/mol. The topological polar surface area (TPSA) is 0 Å².